The Balaban J connectivity index is 3.19. The van der Waals surface area contributed by atoms with Crippen molar-refractivity contribution in [2.75, 3.05) is 0 Å². The van der Waals surface area contributed by atoms with Crippen molar-refractivity contribution in [3.63, 3.8) is 0 Å². The molecule has 0 fully saturated rings. The van der Waals surface area contributed by atoms with Gasteiger partial charge < -0.3 is 19.6 Å². The van der Waals surface area contributed by atoms with Gasteiger partial charge >= 0.3 is 15.2 Å². The molecule has 1 atom stereocenters. The molecule has 1 aromatic rings. The standard InChI is InChI=1S/C7H9FO6P2/c8-7(16(12,13)14)5-2-1-3-6(4-5)15(9,10)11/h1-4,7H,(H2,9,10,11)(H2,12,13,14). The number of hydrogen-bond donors (Lipinski definition) is 4. The van der Waals surface area contributed by atoms with E-state index in [-0.39, 0.29) is 0 Å². The SMILES string of the molecule is O=P(O)(O)c1cccc(C(F)P(=O)(O)O)c1. The highest BCUT2D eigenvalue weighted by molar-refractivity contribution is 7.60. The van der Waals surface area contributed by atoms with E-state index >= 15 is 0 Å². The Labute approximate surface area is 90.1 Å². The second-order valence-corrected chi connectivity index (χ2v) is 6.30. The van der Waals surface area contributed by atoms with Crippen molar-refractivity contribution in [2.24, 2.45) is 0 Å². The second-order valence-electron chi connectivity index (χ2n) is 3.06. The largest absolute Gasteiger partial charge is 0.363 e. The highest BCUT2D eigenvalue weighted by atomic mass is 31.2. The van der Waals surface area contributed by atoms with Gasteiger partial charge in [0, 0.05) is 0 Å². The summed E-state index contributed by atoms with van der Waals surface area (Å²) in [5.41, 5.74) is -0.464. The molecule has 1 rings (SSSR count). The molecule has 16 heavy (non-hydrogen) atoms. The highest BCUT2D eigenvalue weighted by Crippen LogP contribution is 2.52. The first-order valence-corrected chi connectivity index (χ1v) is 7.27. The second kappa shape index (κ2) is 4.37. The number of rotatable bonds is 3. The molecule has 0 aliphatic rings. The van der Waals surface area contributed by atoms with E-state index in [2.05, 4.69) is 0 Å². The molecule has 0 aliphatic heterocycles. The van der Waals surface area contributed by atoms with E-state index in [1.54, 1.807) is 0 Å². The lowest BCUT2D eigenvalue weighted by atomic mass is 10.2. The molecule has 0 bridgehead atoms. The number of hydrogen-bond acceptors (Lipinski definition) is 2. The van der Waals surface area contributed by atoms with Gasteiger partial charge in [0.2, 0.25) is 5.91 Å². The normalized spacial score (nSPS) is 14.8. The first-order chi connectivity index (χ1) is 7.12. The van der Waals surface area contributed by atoms with Gasteiger partial charge in [-0.2, -0.15) is 0 Å². The van der Waals surface area contributed by atoms with E-state index in [1.165, 1.54) is 0 Å². The van der Waals surface area contributed by atoms with Crippen LogP contribution in [0.3, 0.4) is 0 Å². The molecule has 0 aromatic heterocycles. The summed E-state index contributed by atoms with van der Waals surface area (Å²) in [6.07, 6.45) is 0. The molecule has 0 saturated heterocycles. The average molecular weight is 270 g/mol. The summed E-state index contributed by atoms with van der Waals surface area (Å²) in [6, 6.07) is 3.95. The molecule has 1 unspecified atom stereocenters. The lowest BCUT2D eigenvalue weighted by molar-refractivity contribution is 0.303. The molecule has 1 aromatic carbocycles. The third kappa shape index (κ3) is 3.22. The maximum Gasteiger partial charge on any atom is 0.363 e. The van der Waals surface area contributed by atoms with Gasteiger partial charge in [0.1, 0.15) is 0 Å². The predicted molar refractivity (Wildman–Crippen MR) is 54.0 cm³/mol. The van der Waals surface area contributed by atoms with Crippen molar-refractivity contribution in [1.82, 2.24) is 0 Å². The smallest absolute Gasteiger partial charge is 0.322 e. The molecule has 0 heterocycles. The average Bonchev–Trinajstić information content (AvgIpc) is 2.14. The highest BCUT2D eigenvalue weighted by Gasteiger charge is 2.31. The third-order valence-corrected chi connectivity index (χ3v) is 3.62. The zero-order chi connectivity index (χ0) is 12.6. The fourth-order valence-corrected chi connectivity index (χ4v) is 2.19. The zero-order valence-electron chi connectivity index (χ0n) is 7.76. The van der Waals surface area contributed by atoms with Crippen LogP contribution in [0.25, 0.3) is 0 Å². The molecule has 4 N–H and O–H groups in total. The molecule has 0 spiro atoms. The van der Waals surface area contributed by atoms with Crippen molar-refractivity contribution < 1.29 is 33.1 Å². The molecule has 0 saturated carbocycles. The predicted octanol–water partition coefficient (Wildman–Crippen LogP) is 0.635. The summed E-state index contributed by atoms with van der Waals surface area (Å²) >= 11 is 0. The topological polar surface area (TPSA) is 115 Å². The van der Waals surface area contributed by atoms with Crippen LogP contribution in [0.4, 0.5) is 4.39 Å². The first-order valence-electron chi connectivity index (χ1n) is 3.98. The minimum atomic E-state index is -4.97. The number of alkyl halides is 1. The molecular weight excluding hydrogens is 261 g/mol. The number of halogens is 1. The van der Waals surface area contributed by atoms with Crippen molar-refractivity contribution in [1.29, 1.82) is 0 Å². The maximum absolute atomic E-state index is 13.2. The monoisotopic (exact) mass is 270 g/mol. The molecule has 6 nitrogen and oxygen atoms in total. The van der Waals surface area contributed by atoms with Gasteiger partial charge in [-0.3, -0.25) is 9.13 Å². The van der Waals surface area contributed by atoms with Crippen LogP contribution in [0.1, 0.15) is 11.5 Å². The molecular formula is C7H9FO6P2. The van der Waals surface area contributed by atoms with E-state index in [0.717, 1.165) is 24.3 Å². The van der Waals surface area contributed by atoms with E-state index in [4.69, 9.17) is 19.6 Å². The summed E-state index contributed by atoms with van der Waals surface area (Å²) in [5, 5.41) is -0.485. The lowest BCUT2D eigenvalue weighted by Crippen LogP contribution is -2.06. The minimum Gasteiger partial charge on any atom is -0.322 e. The summed E-state index contributed by atoms with van der Waals surface area (Å²) in [7, 11) is -9.53. The third-order valence-electron chi connectivity index (χ3n) is 1.78. The van der Waals surface area contributed by atoms with E-state index in [9.17, 15) is 13.5 Å². The summed E-state index contributed by atoms with van der Waals surface area (Å²) in [4.78, 5) is 34.7. The van der Waals surface area contributed by atoms with Gasteiger partial charge in [0.15, 0.2) is 0 Å². The fraction of sp³-hybridized carbons (Fsp3) is 0.143. The van der Waals surface area contributed by atoms with Gasteiger partial charge in [-0.15, -0.1) is 0 Å². The summed E-state index contributed by atoms with van der Waals surface area (Å²) in [5.74, 6) is -2.58. The fourth-order valence-electron chi connectivity index (χ4n) is 1.05. The molecule has 0 radical (unpaired) electrons. The van der Waals surface area contributed by atoms with Crippen LogP contribution in [0.15, 0.2) is 24.3 Å². The Morgan fingerprint density at radius 3 is 2.12 bits per heavy atom. The Morgan fingerprint density at radius 2 is 1.69 bits per heavy atom. The van der Waals surface area contributed by atoms with Crippen LogP contribution in [0.2, 0.25) is 0 Å². The van der Waals surface area contributed by atoms with Gasteiger partial charge in [-0.1, -0.05) is 12.1 Å². The zero-order valence-corrected chi connectivity index (χ0v) is 9.55. The summed E-state index contributed by atoms with van der Waals surface area (Å²) in [6.45, 7) is 0. The van der Waals surface area contributed by atoms with Gasteiger partial charge in [-0.25, -0.2) is 4.39 Å². The van der Waals surface area contributed by atoms with Crippen LogP contribution in [0, 0.1) is 0 Å². The van der Waals surface area contributed by atoms with Crippen molar-refractivity contribution in [3.8, 4) is 0 Å². The Kier molecular flexibility index (Phi) is 3.69. The molecule has 90 valence electrons. The van der Waals surface area contributed by atoms with E-state index < -0.39 is 32.0 Å². The van der Waals surface area contributed by atoms with E-state index in [0.29, 0.717) is 0 Å². The van der Waals surface area contributed by atoms with E-state index in [1.807, 2.05) is 0 Å². The van der Waals surface area contributed by atoms with Crippen LogP contribution in [-0.4, -0.2) is 19.6 Å². The Hall–Kier alpha value is -0.550. The Morgan fingerprint density at radius 1 is 1.12 bits per heavy atom. The molecule has 0 aliphatic carbocycles. The maximum atomic E-state index is 13.2. The van der Waals surface area contributed by atoms with Crippen LogP contribution < -0.4 is 5.30 Å². The van der Waals surface area contributed by atoms with Crippen LogP contribution >= 0.6 is 15.2 Å². The summed E-state index contributed by atoms with van der Waals surface area (Å²) < 4.78 is 34.6. The van der Waals surface area contributed by atoms with Gasteiger partial charge in [0.25, 0.3) is 0 Å². The van der Waals surface area contributed by atoms with Gasteiger partial charge in [-0.05, 0) is 17.7 Å². The van der Waals surface area contributed by atoms with Crippen molar-refractivity contribution in [3.05, 3.63) is 29.8 Å². The van der Waals surface area contributed by atoms with Crippen molar-refractivity contribution >= 4 is 20.5 Å². The lowest BCUT2D eigenvalue weighted by Gasteiger charge is -2.12. The van der Waals surface area contributed by atoms with Crippen LogP contribution in [-0.2, 0) is 9.13 Å². The molecule has 9 heteroatoms. The van der Waals surface area contributed by atoms with Gasteiger partial charge in [0.05, 0.1) is 5.30 Å². The quantitative estimate of drug-likeness (QED) is 0.599. The Bertz CT molecular complexity index is 478. The minimum absolute atomic E-state index is 0.464. The number of benzene rings is 1. The van der Waals surface area contributed by atoms with Crippen LogP contribution in [0.5, 0.6) is 0 Å². The van der Waals surface area contributed by atoms with Crippen molar-refractivity contribution in [2.45, 2.75) is 5.91 Å². The molecule has 0 amide bonds. The first kappa shape index (κ1) is 13.5.